The summed E-state index contributed by atoms with van der Waals surface area (Å²) in [7, 11) is 2.10. The van der Waals surface area contributed by atoms with Gasteiger partial charge in [0.15, 0.2) is 5.03 Å². The molecule has 20 heavy (non-hydrogen) atoms. The molecule has 0 bridgehead atoms. The maximum atomic E-state index is 10.3. The number of nitro groups is 1. The summed E-state index contributed by atoms with van der Waals surface area (Å²) in [5.41, 5.74) is 0. The van der Waals surface area contributed by atoms with E-state index in [2.05, 4.69) is 29.3 Å². The van der Waals surface area contributed by atoms with Crippen molar-refractivity contribution in [1.82, 2.24) is 10.2 Å². The van der Waals surface area contributed by atoms with Crippen LogP contribution in [-0.4, -0.2) is 61.3 Å². The molecular formula is C12H24N4O3S. The Hall–Kier alpha value is -0.860. The Morgan fingerprint density at radius 1 is 1.60 bits per heavy atom. The standard InChI is InChI=1S/C12H24N4O3S/c1-10-8-19-9-11(10)7-15(2)6-4-5-13-12(20-3)14-16(17)18/h10-11H,4-9H2,1-3H3,(H,13,14). The van der Waals surface area contributed by atoms with E-state index in [9.17, 15) is 10.1 Å². The molecule has 116 valence electrons. The highest BCUT2D eigenvalue weighted by Gasteiger charge is 2.24. The van der Waals surface area contributed by atoms with Gasteiger partial charge in [-0.15, -0.1) is 0 Å². The van der Waals surface area contributed by atoms with Crippen molar-refractivity contribution in [2.24, 2.45) is 16.9 Å². The summed E-state index contributed by atoms with van der Waals surface area (Å²) in [5, 5.41) is 16.2. The van der Waals surface area contributed by atoms with Crippen LogP contribution in [0, 0.1) is 22.0 Å². The largest absolute Gasteiger partial charge is 0.381 e. The predicted octanol–water partition coefficient (Wildman–Crippen LogP) is 1.09. The number of hydrogen-bond acceptors (Lipinski definition) is 5. The lowest BCUT2D eigenvalue weighted by Gasteiger charge is -2.22. The Morgan fingerprint density at radius 2 is 2.35 bits per heavy atom. The third-order valence-electron chi connectivity index (χ3n) is 3.42. The Morgan fingerprint density at radius 3 is 2.90 bits per heavy atom. The van der Waals surface area contributed by atoms with Crippen LogP contribution in [0.1, 0.15) is 13.3 Å². The van der Waals surface area contributed by atoms with Gasteiger partial charge in [-0.1, -0.05) is 18.7 Å². The van der Waals surface area contributed by atoms with E-state index in [1.54, 1.807) is 6.26 Å². The predicted molar refractivity (Wildman–Crippen MR) is 81.5 cm³/mol. The molecule has 7 nitrogen and oxygen atoms in total. The molecule has 0 aromatic rings. The zero-order valence-corrected chi connectivity index (χ0v) is 13.2. The zero-order valence-electron chi connectivity index (χ0n) is 12.4. The molecule has 0 amide bonds. The number of amidine groups is 1. The van der Waals surface area contributed by atoms with Crippen LogP contribution in [0.4, 0.5) is 0 Å². The van der Waals surface area contributed by atoms with Gasteiger partial charge in [0, 0.05) is 19.7 Å². The first-order valence-electron chi connectivity index (χ1n) is 6.80. The second kappa shape index (κ2) is 9.15. The van der Waals surface area contributed by atoms with E-state index in [0.717, 1.165) is 32.7 Å². The Bertz CT molecular complexity index is 341. The Kier molecular flexibility index (Phi) is 7.86. The lowest BCUT2D eigenvalue weighted by Crippen LogP contribution is -2.32. The Balaban J connectivity index is 2.15. The zero-order chi connectivity index (χ0) is 15.0. The van der Waals surface area contributed by atoms with Crippen LogP contribution in [0.3, 0.4) is 0 Å². The number of ether oxygens (including phenoxy) is 1. The lowest BCUT2D eigenvalue weighted by atomic mass is 9.98. The van der Waals surface area contributed by atoms with Crippen LogP contribution in [-0.2, 0) is 4.74 Å². The second-order valence-electron chi connectivity index (χ2n) is 5.16. The van der Waals surface area contributed by atoms with E-state index < -0.39 is 5.03 Å². The molecule has 2 unspecified atom stereocenters. The topological polar surface area (TPSA) is 80.0 Å². The summed E-state index contributed by atoms with van der Waals surface area (Å²) < 4.78 is 5.46. The number of rotatable bonds is 7. The molecule has 0 aromatic carbocycles. The van der Waals surface area contributed by atoms with Crippen LogP contribution in [0.15, 0.2) is 5.10 Å². The summed E-state index contributed by atoms with van der Waals surface area (Å²) >= 11 is 1.25. The summed E-state index contributed by atoms with van der Waals surface area (Å²) in [5.74, 6) is 1.25. The molecule has 1 aliphatic rings. The maximum Gasteiger partial charge on any atom is 0.234 e. The molecule has 0 radical (unpaired) electrons. The minimum absolute atomic E-state index is 0.357. The number of hydrazone groups is 1. The first kappa shape index (κ1) is 17.2. The van der Waals surface area contributed by atoms with Crippen molar-refractivity contribution in [2.45, 2.75) is 13.3 Å². The van der Waals surface area contributed by atoms with Crippen LogP contribution < -0.4 is 5.32 Å². The molecule has 1 aliphatic heterocycles. The van der Waals surface area contributed by atoms with Gasteiger partial charge >= 0.3 is 0 Å². The number of nitrogens with zero attached hydrogens (tertiary/aromatic N) is 3. The van der Waals surface area contributed by atoms with Crippen molar-refractivity contribution in [3.8, 4) is 0 Å². The highest BCUT2D eigenvalue weighted by Crippen LogP contribution is 2.20. The molecule has 1 fully saturated rings. The summed E-state index contributed by atoms with van der Waals surface area (Å²) in [6.07, 6.45) is 2.69. The monoisotopic (exact) mass is 304 g/mol. The molecule has 0 saturated carbocycles. The van der Waals surface area contributed by atoms with Crippen molar-refractivity contribution in [2.75, 3.05) is 46.2 Å². The average molecular weight is 304 g/mol. The first-order valence-corrected chi connectivity index (χ1v) is 8.02. The van der Waals surface area contributed by atoms with Crippen molar-refractivity contribution < 1.29 is 9.77 Å². The van der Waals surface area contributed by atoms with Crippen LogP contribution >= 0.6 is 11.8 Å². The Labute approximate surface area is 124 Å². The molecule has 0 spiro atoms. The number of hydrogen-bond donors (Lipinski definition) is 1. The summed E-state index contributed by atoms with van der Waals surface area (Å²) in [6.45, 7) is 6.64. The molecule has 0 aliphatic carbocycles. The minimum Gasteiger partial charge on any atom is -0.381 e. The highest BCUT2D eigenvalue weighted by molar-refractivity contribution is 8.13. The quantitative estimate of drug-likeness (QED) is 0.249. The molecule has 1 saturated heterocycles. The van der Waals surface area contributed by atoms with Gasteiger partial charge < -0.3 is 15.0 Å². The number of nitrogens with one attached hydrogen (secondary N) is 1. The average Bonchev–Trinajstić information content (AvgIpc) is 2.78. The molecule has 2 atom stereocenters. The van der Waals surface area contributed by atoms with E-state index in [1.807, 2.05) is 0 Å². The summed E-state index contributed by atoms with van der Waals surface area (Å²) in [6, 6.07) is 0. The maximum absolute atomic E-state index is 10.3. The molecule has 1 N–H and O–H groups in total. The van der Waals surface area contributed by atoms with E-state index in [-0.39, 0.29) is 0 Å². The van der Waals surface area contributed by atoms with Gasteiger partial charge in [0.1, 0.15) is 0 Å². The van der Waals surface area contributed by atoms with Crippen LogP contribution in [0.5, 0.6) is 0 Å². The van der Waals surface area contributed by atoms with Gasteiger partial charge in [0.25, 0.3) is 0 Å². The SMILES string of the molecule is CSC(=N[N+](=O)[O-])NCCCN(C)CC1COCC1C. The third kappa shape index (κ3) is 6.53. The molecule has 8 heteroatoms. The van der Waals surface area contributed by atoms with Crippen molar-refractivity contribution in [3.63, 3.8) is 0 Å². The first-order chi connectivity index (χ1) is 9.52. The van der Waals surface area contributed by atoms with Crippen molar-refractivity contribution in [3.05, 3.63) is 10.1 Å². The molecule has 1 heterocycles. The van der Waals surface area contributed by atoms with Gasteiger partial charge in [0.05, 0.1) is 11.7 Å². The van der Waals surface area contributed by atoms with E-state index in [4.69, 9.17) is 4.74 Å². The lowest BCUT2D eigenvalue weighted by molar-refractivity contribution is -0.484. The van der Waals surface area contributed by atoms with Crippen molar-refractivity contribution >= 4 is 16.9 Å². The number of thioether (sulfide) groups is 1. The van der Waals surface area contributed by atoms with Gasteiger partial charge in [0.2, 0.25) is 5.17 Å². The second-order valence-corrected chi connectivity index (χ2v) is 5.96. The normalized spacial score (nSPS) is 23.3. The molecule has 0 aromatic heterocycles. The minimum atomic E-state index is -0.674. The fourth-order valence-corrected chi connectivity index (χ4v) is 2.59. The molecule has 1 rings (SSSR count). The third-order valence-corrected chi connectivity index (χ3v) is 4.03. The smallest absolute Gasteiger partial charge is 0.234 e. The van der Waals surface area contributed by atoms with E-state index >= 15 is 0 Å². The fourth-order valence-electron chi connectivity index (χ4n) is 2.20. The molecular weight excluding hydrogens is 280 g/mol. The van der Waals surface area contributed by atoms with E-state index in [1.165, 1.54) is 11.8 Å². The van der Waals surface area contributed by atoms with Gasteiger partial charge in [-0.25, -0.2) is 10.1 Å². The van der Waals surface area contributed by atoms with Gasteiger partial charge in [-0.05, 0) is 38.1 Å². The van der Waals surface area contributed by atoms with Gasteiger partial charge in [-0.3, -0.25) is 0 Å². The fraction of sp³-hybridized carbons (Fsp3) is 0.917. The van der Waals surface area contributed by atoms with Crippen LogP contribution in [0.2, 0.25) is 0 Å². The van der Waals surface area contributed by atoms with Crippen LogP contribution in [0.25, 0.3) is 0 Å². The highest BCUT2D eigenvalue weighted by atomic mass is 32.2. The van der Waals surface area contributed by atoms with E-state index in [0.29, 0.717) is 23.5 Å². The van der Waals surface area contributed by atoms with Gasteiger partial charge in [-0.2, -0.15) is 0 Å². The summed E-state index contributed by atoms with van der Waals surface area (Å²) in [4.78, 5) is 12.6. The van der Waals surface area contributed by atoms with Crippen molar-refractivity contribution in [1.29, 1.82) is 0 Å².